The summed E-state index contributed by atoms with van der Waals surface area (Å²) < 4.78 is 2.84. The highest BCUT2D eigenvalue weighted by molar-refractivity contribution is 9.10. The van der Waals surface area contributed by atoms with Gasteiger partial charge in [-0.15, -0.1) is 0 Å². The van der Waals surface area contributed by atoms with Crippen LogP contribution >= 0.6 is 15.9 Å². The van der Waals surface area contributed by atoms with Crippen molar-refractivity contribution in [3.05, 3.63) is 64.3 Å². The second-order valence-corrected chi connectivity index (χ2v) is 6.24. The van der Waals surface area contributed by atoms with Crippen LogP contribution in [-0.2, 0) is 11.8 Å². The van der Waals surface area contributed by atoms with E-state index in [-0.39, 0.29) is 0 Å². The zero-order chi connectivity index (χ0) is 16.6. The van der Waals surface area contributed by atoms with Gasteiger partial charge in [0.25, 0.3) is 11.7 Å². The largest absolute Gasteiger partial charge is 0.347 e. The first kappa shape index (κ1) is 15.5. The van der Waals surface area contributed by atoms with Gasteiger partial charge < -0.3 is 9.88 Å². The van der Waals surface area contributed by atoms with Gasteiger partial charge >= 0.3 is 0 Å². The molecule has 3 rings (SSSR count). The van der Waals surface area contributed by atoms with Crippen molar-refractivity contribution in [1.82, 2.24) is 4.57 Å². The quantitative estimate of drug-likeness (QED) is 0.557. The number of nitrogens with one attached hydrogen (secondary N) is 1. The number of carbonyl (C=O) groups excluding carboxylic acids is 2. The fourth-order valence-corrected chi connectivity index (χ4v) is 2.91. The summed E-state index contributed by atoms with van der Waals surface area (Å²) in [5, 5.41) is 3.44. The molecule has 0 aliphatic heterocycles. The smallest absolute Gasteiger partial charge is 0.296 e. The standard InChI is InChI=1S/C18H15BrN2O2/c1-11-16(14-5-3-4-6-15(14)21(11)2)17(22)18(23)20-13-9-7-12(19)8-10-13/h3-10H,1-2H3,(H,20,23). The van der Waals surface area contributed by atoms with E-state index in [0.29, 0.717) is 11.3 Å². The highest BCUT2D eigenvalue weighted by atomic mass is 79.9. The Morgan fingerprint density at radius 1 is 1.04 bits per heavy atom. The number of benzene rings is 2. The van der Waals surface area contributed by atoms with E-state index in [0.717, 1.165) is 21.1 Å². The average molecular weight is 371 g/mol. The molecule has 4 nitrogen and oxygen atoms in total. The molecule has 116 valence electrons. The van der Waals surface area contributed by atoms with Gasteiger partial charge in [-0.25, -0.2) is 0 Å². The van der Waals surface area contributed by atoms with E-state index < -0.39 is 11.7 Å². The number of amides is 1. The molecule has 0 atom stereocenters. The van der Waals surface area contributed by atoms with Crippen LogP contribution < -0.4 is 5.32 Å². The van der Waals surface area contributed by atoms with E-state index in [9.17, 15) is 9.59 Å². The molecule has 1 heterocycles. The number of carbonyl (C=O) groups is 2. The Bertz CT molecular complexity index is 911. The molecule has 0 saturated heterocycles. The number of anilines is 1. The summed E-state index contributed by atoms with van der Waals surface area (Å²) in [6, 6.07) is 14.7. The SMILES string of the molecule is Cc1c(C(=O)C(=O)Nc2ccc(Br)cc2)c2ccccc2n1C. The van der Waals surface area contributed by atoms with E-state index in [1.54, 1.807) is 12.1 Å². The second kappa shape index (κ2) is 6.01. The number of nitrogens with zero attached hydrogens (tertiary/aromatic N) is 1. The number of Topliss-reactive ketones (excluding diaryl/α,β-unsaturated/α-hetero) is 1. The summed E-state index contributed by atoms with van der Waals surface area (Å²) in [5.41, 5.74) is 2.76. The maximum atomic E-state index is 12.6. The first-order valence-corrected chi connectivity index (χ1v) is 7.93. The van der Waals surface area contributed by atoms with Crippen molar-refractivity contribution in [3.8, 4) is 0 Å². The number of rotatable bonds is 3. The third kappa shape index (κ3) is 2.80. The maximum Gasteiger partial charge on any atom is 0.296 e. The monoisotopic (exact) mass is 370 g/mol. The van der Waals surface area contributed by atoms with Gasteiger partial charge in [-0.1, -0.05) is 34.1 Å². The van der Waals surface area contributed by atoms with E-state index in [2.05, 4.69) is 21.2 Å². The zero-order valence-corrected chi connectivity index (χ0v) is 14.3. The number of aromatic nitrogens is 1. The Balaban J connectivity index is 1.95. The van der Waals surface area contributed by atoms with Crippen LogP contribution in [-0.4, -0.2) is 16.3 Å². The van der Waals surface area contributed by atoms with Crippen molar-refractivity contribution in [2.24, 2.45) is 7.05 Å². The third-order valence-electron chi connectivity index (χ3n) is 3.94. The lowest BCUT2D eigenvalue weighted by atomic mass is 10.1. The molecule has 23 heavy (non-hydrogen) atoms. The Kier molecular flexibility index (Phi) is 4.05. The number of fused-ring (bicyclic) bond motifs is 1. The van der Waals surface area contributed by atoms with Crippen LogP contribution in [0.5, 0.6) is 0 Å². The van der Waals surface area contributed by atoms with Crippen molar-refractivity contribution in [3.63, 3.8) is 0 Å². The fraction of sp³-hybridized carbons (Fsp3) is 0.111. The second-order valence-electron chi connectivity index (χ2n) is 5.33. The fourth-order valence-electron chi connectivity index (χ4n) is 2.64. The van der Waals surface area contributed by atoms with Crippen molar-refractivity contribution in [2.45, 2.75) is 6.92 Å². The first-order chi connectivity index (χ1) is 11.0. The number of halogens is 1. The minimum Gasteiger partial charge on any atom is -0.347 e. The normalized spacial score (nSPS) is 10.7. The number of para-hydroxylation sites is 1. The Labute approximate surface area is 142 Å². The van der Waals surface area contributed by atoms with Gasteiger partial charge in [0.05, 0.1) is 5.56 Å². The lowest BCUT2D eigenvalue weighted by Gasteiger charge is -2.05. The van der Waals surface area contributed by atoms with Gasteiger partial charge in [-0.05, 0) is 37.3 Å². The van der Waals surface area contributed by atoms with Crippen LogP contribution in [0.25, 0.3) is 10.9 Å². The zero-order valence-electron chi connectivity index (χ0n) is 12.8. The predicted octanol–water partition coefficient (Wildman–Crippen LogP) is 4.07. The molecule has 0 aliphatic carbocycles. The van der Waals surface area contributed by atoms with Gasteiger partial charge in [-0.2, -0.15) is 0 Å². The van der Waals surface area contributed by atoms with Crippen molar-refractivity contribution >= 4 is 44.2 Å². The molecule has 1 N–H and O–H groups in total. The summed E-state index contributed by atoms with van der Waals surface area (Å²) in [5.74, 6) is -1.16. The van der Waals surface area contributed by atoms with Gasteiger partial charge in [-0.3, -0.25) is 9.59 Å². The molecule has 5 heteroatoms. The van der Waals surface area contributed by atoms with Gasteiger partial charge in [0.15, 0.2) is 0 Å². The molecular formula is C18H15BrN2O2. The molecule has 0 unspecified atom stereocenters. The van der Waals surface area contributed by atoms with Crippen LogP contribution in [0.3, 0.4) is 0 Å². The molecule has 0 bridgehead atoms. The summed E-state index contributed by atoms with van der Waals surface area (Å²) in [4.78, 5) is 25.0. The molecule has 0 fully saturated rings. The van der Waals surface area contributed by atoms with Crippen molar-refractivity contribution in [1.29, 1.82) is 0 Å². The van der Waals surface area contributed by atoms with Crippen molar-refractivity contribution < 1.29 is 9.59 Å². The number of hydrogen-bond donors (Lipinski definition) is 1. The maximum absolute atomic E-state index is 12.6. The van der Waals surface area contributed by atoms with E-state index in [1.807, 2.05) is 54.9 Å². The van der Waals surface area contributed by atoms with Crippen LogP contribution in [0, 0.1) is 6.92 Å². The third-order valence-corrected chi connectivity index (χ3v) is 4.46. The molecule has 3 aromatic rings. The minimum atomic E-state index is -0.633. The Hall–Kier alpha value is -2.40. The molecule has 1 amide bonds. The average Bonchev–Trinajstić information content (AvgIpc) is 2.81. The van der Waals surface area contributed by atoms with Crippen LogP contribution in [0.1, 0.15) is 16.1 Å². The predicted molar refractivity (Wildman–Crippen MR) is 94.8 cm³/mol. The molecule has 1 aromatic heterocycles. The van der Waals surface area contributed by atoms with Crippen molar-refractivity contribution in [2.75, 3.05) is 5.32 Å². The topological polar surface area (TPSA) is 51.1 Å². The van der Waals surface area contributed by atoms with E-state index >= 15 is 0 Å². The van der Waals surface area contributed by atoms with Gasteiger partial charge in [0, 0.05) is 33.8 Å². The highest BCUT2D eigenvalue weighted by Gasteiger charge is 2.24. The number of ketones is 1. The minimum absolute atomic E-state index is 0.456. The lowest BCUT2D eigenvalue weighted by Crippen LogP contribution is -2.23. The molecule has 0 radical (unpaired) electrons. The van der Waals surface area contributed by atoms with Crippen LogP contribution in [0.15, 0.2) is 53.0 Å². The lowest BCUT2D eigenvalue weighted by molar-refractivity contribution is -0.112. The Morgan fingerprint density at radius 3 is 2.39 bits per heavy atom. The summed E-state index contributed by atoms with van der Waals surface area (Å²) in [6.45, 7) is 1.85. The number of aryl methyl sites for hydroxylation is 1. The van der Waals surface area contributed by atoms with E-state index in [4.69, 9.17) is 0 Å². The van der Waals surface area contributed by atoms with Gasteiger partial charge in [0.1, 0.15) is 0 Å². The molecule has 0 aliphatic rings. The molecular weight excluding hydrogens is 356 g/mol. The van der Waals surface area contributed by atoms with Crippen LogP contribution in [0.4, 0.5) is 5.69 Å². The first-order valence-electron chi connectivity index (χ1n) is 7.14. The number of hydrogen-bond acceptors (Lipinski definition) is 2. The van der Waals surface area contributed by atoms with Gasteiger partial charge in [0.2, 0.25) is 0 Å². The highest BCUT2D eigenvalue weighted by Crippen LogP contribution is 2.25. The summed E-state index contributed by atoms with van der Waals surface area (Å²) in [6.07, 6.45) is 0. The molecule has 2 aromatic carbocycles. The molecule has 0 spiro atoms. The Morgan fingerprint density at radius 2 is 1.70 bits per heavy atom. The molecule has 0 saturated carbocycles. The summed E-state index contributed by atoms with van der Waals surface area (Å²) in [7, 11) is 1.89. The summed E-state index contributed by atoms with van der Waals surface area (Å²) >= 11 is 3.33. The van der Waals surface area contributed by atoms with Crippen LogP contribution in [0.2, 0.25) is 0 Å². The van der Waals surface area contributed by atoms with E-state index in [1.165, 1.54) is 0 Å².